The molecule has 1 rings (SSSR count). The van der Waals surface area contributed by atoms with Crippen LogP contribution in [0.5, 0.6) is 0 Å². The molecule has 0 aromatic heterocycles. The zero-order chi connectivity index (χ0) is 11.6. The van der Waals surface area contributed by atoms with E-state index in [9.17, 15) is 14.9 Å². The average Bonchev–Trinajstić information content (AvgIpc) is 2.16. The molecule has 0 radical (unpaired) electrons. The van der Waals surface area contributed by atoms with Crippen LogP contribution in [0.4, 0.5) is 5.69 Å². The third kappa shape index (κ3) is 1.87. The van der Waals surface area contributed by atoms with Gasteiger partial charge in [0, 0.05) is 6.07 Å². The fraction of sp³-hybridized carbons (Fsp3) is 0. The molecule has 0 aliphatic rings. The summed E-state index contributed by atoms with van der Waals surface area (Å²) in [5, 5.41) is 27.3. The molecular weight excluding hydrogens is 224 g/mol. The van der Waals surface area contributed by atoms with Crippen molar-refractivity contribution in [3.63, 3.8) is 0 Å². The Morgan fingerprint density at radius 1 is 1.60 bits per heavy atom. The molecule has 0 fully saturated rings. The first-order valence-corrected chi connectivity index (χ1v) is 3.97. The topological polar surface area (TPSA) is 104 Å². The lowest BCUT2D eigenvalue weighted by atomic mass is 10.1. The zero-order valence-electron chi connectivity index (χ0n) is 7.10. The second-order valence-electron chi connectivity index (χ2n) is 2.50. The summed E-state index contributed by atoms with van der Waals surface area (Å²) in [4.78, 5) is 20.3. The second-order valence-corrected chi connectivity index (χ2v) is 2.87. The molecule has 7 heteroatoms. The maximum absolute atomic E-state index is 10.7. The summed E-state index contributed by atoms with van der Waals surface area (Å²) in [7, 11) is 0. The monoisotopic (exact) mass is 226 g/mol. The number of halogens is 1. The first kappa shape index (κ1) is 10.9. The first-order chi connectivity index (χ1) is 6.99. The van der Waals surface area contributed by atoms with Crippen molar-refractivity contribution in [3.8, 4) is 6.07 Å². The second kappa shape index (κ2) is 3.94. The standard InChI is InChI=1S/C8H3ClN2O4/c9-7-4(3-10)1-2-5(11(14)15)6(7)8(12)13/h1-2H,(H,12,13). The minimum atomic E-state index is -1.54. The van der Waals surface area contributed by atoms with Gasteiger partial charge in [0.05, 0.1) is 15.5 Å². The van der Waals surface area contributed by atoms with Crippen molar-refractivity contribution in [1.82, 2.24) is 0 Å². The molecule has 0 amide bonds. The summed E-state index contributed by atoms with van der Waals surface area (Å²) in [6.45, 7) is 0. The van der Waals surface area contributed by atoms with Crippen LogP contribution < -0.4 is 0 Å². The van der Waals surface area contributed by atoms with E-state index in [1.165, 1.54) is 0 Å². The molecule has 0 unspecified atom stereocenters. The molecule has 0 atom stereocenters. The van der Waals surface area contributed by atoms with Crippen LogP contribution in [-0.4, -0.2) is 16.0 Å². The van der Waals surface area contributed by atoms with E-state index in [1.807, 2.05) is 0 Å². The summed E-state index contributed by atoms with van der Waals surface area (Å²) in [6.07, 6.45) is 0. The van der Waals surface area contributed by atoms with Gasteiger partial charge in [0.1, 0.15) is 6.07 Å². The van der Waals surface area contributed by atoms with Crippen molar-refractivity contribution in [2.24, 2.45) is 0 Å². The van der Waals surface area contributed by atoms with Gasteiger partial charge in [0.15, 0.2) is 5.56 Å². The van der Waals surface area contributed by atoms with Crippen LogP contribution in [0.1, 0.15) is 15.9 Å². The minimum absolute atomic E-state index is 0.111. The van der Waals surface area contributed by atoms with Crippen molar-refractivity contribution in [1.29, 1.82) is 5.26 Å². The van der Waals surface area contributed by atoms with Crippen LogP contribution in [0.15, 0.2) is 12.1 Å². The van der Waals surface area contributed by atoms with Gasteiger partial charge in [-0.25, -0.2) is 4.79 Å². The smallest absolute Gasteiger partial charge is 0.344 e. The number of carboxylic acid groups (broad SMARTS) is 1. The zero-order valence-corrected chi connectivity index (χ0v) is 7.85. The highest BCUT2D eigenvalue weighted by Gasteiger charge is 2.25. The van der Waals surface area contributed by atoms with Gasteiger partial charge in [-0.05, 0) is 6.07 Å². The molecule has 0 heterocycles. The molecule has 1 N–H and O–H groups in total. The van der Waals surface area contributed by atoms with Crippen LogP contribution in [0, 0.1) is 21.4 Å². The number of hydrogen-bond acceptors (Lipinski definition) is 4. The summed E-state index contributed by atoms with van der Waals surface area (Å²) >= 11 is 5.55. The Labute approximate surface area is 88.5 Å². The summed E-state index contributed by atoms with van der Waals surface area (Å²) in [5.41, 5.74) is -1.41. The number of rotatable bonds is 2. The lowest BCUT2D eigenvalue weighted by molar-refractivity contribution is -0.385. The molecular formula is C8H3ClN2O4. The Hall–Kier alpha value is -2.13. The highest BCUT2D eigenvalue weighted by Crippen LogP contribution is 2.29. The molecule has 15 heavy (non-hydrogen) atoms. The normalized spacial score (nSPS) is 9.33. The molecule has 0 saturated carbocycles. The van der Waals surface area contributed by atoms with E-state index in [1.54, 1.807) is 6.07 Å². The number of nitriles is 1. The quantitative estimate of drug-likeness (QED) is 0.612. The van der Waals surface area contributed by atoms with E-state index >= 15 is 0 Å². The van der Waals surface area contributed by atoms with E-state index in [-0.39, 0.29) is 5.56 Å². The fourth-order valence-electron chi connectivity index (χ4n) is 1.01. The SMILES string of the molecule is N#Cc1ccc([N+](=O)[O-])c(C(=O)O)c1Cl. The summed E-state index contributed by atoms with van der Waals surface area (Å²) in [6, 6.07) is 3.68. The molecule has 0 bridgehead atoms. The third-order valence-corrected chi connectivity index (χ3v) is 2.04. The number of carbonyl (C=O) groups is 1. The number of carboxylic acids is 1. The maximum Gasteiger partial charge on any atom is 0.344 e. The number of nitro benzene ring substituents is 1. The van der Waals surface area contributed by atoms with Gasteiger partial charge in [-0.2, -0.15) is 5.26 Å². The van der Waals surface area contributed by atoms with E-state index in [4.69, 9.17) is 22.0 Å². The third-order valence-electron chi connectivity index (χ3n) is 1.65. The molecule has 1 aromatic carbocycles. The van der Waals surface area contributed by atoms with Gasteiger partial charge in [-0.15, -0.1) is 0 Å². The predicted molar refractivity (Wildman–Crippen MR) is 49.8 cm³/mol. The predicted octanol–water partition coefficient (Wildman–Crippen LogP) is 1.82. The average molecular weight is 227 g/mol. The molecule has 6 nitrogen and oxygen atoms in total. The van der Waals surface area contributed by atoms with Crippen molar-refractivity contribution >= 4 is 23.3 Å². The Bertz CT molecular complexity index is 492. The number of nitrogens with zero attached hydrogens (tertiary/aromatic N) is 2. The van der Waals surface area contributed by atoms with Crippen molar-refractivity contribution in [2.45, 2.75) is 0 Å². The highest BCUT2D eigenvalue weighted by atomic mass is 35.5. The van der Waals surface area contributed by atoms with Gasteiger partial charge in [-0.3, -0.25) is 10.1 Å². The van der Waals surface area contributed by atoms with Gasteiger partial charge in [0.2, 0.25) is 0 Å². The van der Waals surface area contributed by atoms with Gasteiger partial charge < -0.3 is 5.11 Å². The van der Waals surface area contributed by atoms with Crippen LogP contribution in [0.3, 0.4) is 0 Å². The Kier molecular flexibility index (Phi) is 2.87. The van der Waals surface area contributed by atoms with Crippen molar-refractivity contribution in [2.75, 3.05) is 0 Å². The lowest BCUT2D eigenvalue weighted by Gasteiger charge is -2.01. The van der Waals surface area contributed by atoms with Crippen molar-refractivity contribution in [3.05, 3.63) is 38.4 Å². The number of benzene rings is 1. The number of aromatic carboxylic acids is 1. The van der Waals surface area contributed by atoms with E-state index < -0.39 is 27.2 Å². The highest BCUT2D eigenvalue weighted by molar-refractivity contribution is 6.35. The Morgan fingerprint density at radius 2 is 2.20 bits per heavy atom. The first-order valence-electron chi connectivity index (χ1n) is 3.59. The van der Waals surface area contributed by atoms with Crippen LogP contribution in [0.25, 0.3) is 0 Å². The van der Waals surface area contributed by atoms with Crippen molar-refractivity contribution < 1.29 is 14.8 Å². The van der Waals surface area contributed by atoms with Crippen LogP contribution in [0.2, 0.25) is 5.02 Å². The fourth-order valence-corrected chi connectivity index (χ4v) is 1.29. The maximum atomic E-state index is 10.7. The van der Waals surface area contributed by atoms with Gasteiger partial charge in [-0.1, -0.05) is 11.6 Å². The van der Waals surface area contributed by atoms with Crippen LogP contribution in [-0.2, 0) is 0 Å². The van der Waals surface area contributed by atoms with Crippen LogP contribution >= 0.6 is 11.6 Å². The molecule has 0 aliphatic heterocycles. The largest absolute Gasteiger partial charge is 0.477 e. The number of hydrogen-bond donors (Lipinski definition) is 1. The Balaban J connectivity index is 3.60. The van der Waals surface area contributed by atoms with Gasteiger partial charge >= 0.3 is 5.97 Å². The Morgan fingerprint density at radius 3 is 2.60 bits per heavy atom. The molecule has 0 spiro atoms. The summed E-state index contributed by atoms with van der Waals surface area (Å²) in [5.74, 6) is -1.54. The van der Waals surface area contributed by atoms with E-state index in [0.29, 0.717) is 0 Å². The van der Waals surface area contributed by atoms with E-state index in [0.717, 1.165) is 12.1 Å². The molecule has 76 valence electrons. The molecule has 1 aromatic rings. The summed E-state index contributed by atoms with van der Waals surface area (Å²) < 4.78 is 0. The molecule has 0 aliphatic carbocycles. The lowest BCUT2D eigenvalue weighted by Crippen LogP contribution is -2.04. The van der Waals surface area contributed by atoms with E-state index in [2.05, 4.69) is 0 Å². The van der Waals surface area contributed by atoms with Gasteiger partial charge in [0.25, 0.3) is 5.69 Å². The number of nitro groups is 1. The minimum Gasteiger partial charge on any atom is -0.477 e. The molecule has 0 saturated heterocycles.